The third-order valence-corrected chi connectivity index (χ3v) is 8.32. The highest BCUT2D eigenvalue weighted by molar-refractivity contribution is 8.13. The zero-order valence-electron chi connectivity index (χ0n) is 21.6. The molecule has 14 nitrogen and oxygen atoms in total. The Labute approximate surface area is 227 Å². The van der Waals surface area contributed by atoms with Gasteiger partial charge in [0.05, 0.1) is 37.4 Å². The smallest absolute Gasteiger partial charge is 0.404 e. The number of aromatic nitrogens is 2. The molecule has 39 heavy (non-hydrogen) atoms. The van der Waals surface area contributed by atoms with Crippen molar-refractivity contribution in [3.63, 3.8) is 0 Å². The number of hydrogen-bond acceptors (Lipinski definition) is 11. The molecule has 0 amide bonds. The van der Waals surface area contributed by atoms with Gasteiger partial charge in [0.25, 0.3) is 5.56 Å². The van der Waals surface area contributed by atoms with E-state index in [1.54, 1.807) is 44.2 Å². The summed E-state index contributed by atoms with van der Waals surface area (Å²) >= 11 is 0.913. The van der Waals surface area contributed by atoms with Crippen LogP contribution in [0.2, 0.25) is 0 Å². The second-order valence-corrected chi connectivity index (χ2v) is 11.9. The molecule has 16 heteroatoms. The lowest BCUT2D eigenvalue weighted by molar-refractivity contribution is -0.119. The summed E-state index contributed by atoms with van der Waals surface area (Å²) in [6, 6.07) is 7.38. The van der Waals surface area contributed by atoms with Crippen LogP contribution in [0.25, 0.3) is 10.4 Å². The molecule has 1 fully saturated rings. The average molecular weight is 584 g/mol. The van der Waals surface area contributed by atoms with Gasteiger partial charge in [-0.15, -0.1) is 0 Å². The van der Waals surface area contributed by atoms with E-state index >= 15 is 0 Å². The Hall–Kier alpha value is -2.90. The van der Waals surface area contributed by atoms with E-state index in [9.17, 15) is 24.1 Å². The number of carbonyl (C=O) groups is 1. The van der Waals surface area contributed by atoms with Gasteiger partial charge >= 0.3 is 13.5 Å². The molecule has 1 saturated heterocycles. The molecule has 3 rings (SSSR count). The Kier molecular flexibility index (Phi) is 10.6. The highest BCUT2D eigenvalue weighted by Crippen LogP contribution is 2.50. The largest absolute Gasteiger partial charge is 0.530 e. The molecule has 1 aliphatic rings. The standard InChI is InChI=1S/C23H30N5O9PS/c1-15-12-28(22(32)25-20(15)30)19-11-17(26-27-24)18(36-19)13-35-38(33,37-16-7-5-4-6-8-16)34-9-10-39-21(31)23(2,3)14-29/h4-8,12,17-19,29H,9-11,13-14H2,1-3H3,(H,25,30,32)/t17-,18+,19+,38?/m0/s1. The van der Waals surface area contributed by atoms with Crippen molar-refractivity contribution < 1.29 is 32.8 Å². The second kappa shape index (κ2) is 13.4. The van der Waals surface area contributed by atoms with Crippen LogP contribution in [0.5, 0.6) is 5.75 Å². The van der Waals surface area contributed by atoms with E-state index in [1.165, 1.54) is 17.7 Å². The van der Waals surface area contributed by atoms with Crippen LogP contribution in [-0.2, 0) is 23.1 Å². The number of nitrogens with zero attached hydrogens (tertiary/aromatic N) is 4. The molecular formula is C23H30N5O9PS. The summed E-state index contributed by atoms with van der Waals surface area (Å²) in [5.74, 6) is 0.323. The molecule has 0 bridgehead atoms. The van der Waals surface area contributed by atoms with Gasteiger partial charge < -0.3 is 14.4 Å². The number of aliphatic hydroxyl groups excluding tert-OH is 1. The monoisotopic (exact) mass is 583 g/mol. The first-order chi connectivity index (χ1) is 18.5. The fraction of sp³-hybridized carbons (Fsp3) is 0.522. The fourth-order valence-electron chi connectivity index (χ4n) is 3.43. The number of thioether (sulfide) groups is 1. The summed E-state index contributed by atoms with van der Waals surface area (Å²) in [4.78, 5) is 41.3. The van der Waals surface area contributed by atoms with Crippen LogP contribution in [0.15, 0.2) is 51.2 Å². The van der Waals surface area contributed by atoms with Crippen LogP contribution in [0.1, 0.15) is 32.1 Å². The summed E-state index contributed by atoms with van der Waals surface area (Å²) in [7, 11) is -4.27. The number of para-hydroxylation sites is 1. The molecular weight excluding hydrogens is 553 g/mol. The summed E-state index contributed by atoms with van der Waals surface area (Å²) in [6.45, 7) is 3.85. The Bertz CT molecular complexity index is 1360. The molecule has 0 spiro atoms. The Morgan fingerprint density at radius 2 is 2.05 bits per heavy atom. The maximum atomic E-state index is 13.5. The number of rotatable bonds is 13. The van der Waals surface area contributed by atoms with Crippen molar-refractivity contribution in [2.45, 2.75) is 45.6 Å². The molecule has 1 unspecified atom stereocenters. The van der Waals surface area contributed by atoms with E-state index in [-0.39, 0.29) is 48.4 Å². The highest BCUT2D eigenvalue weighted by atomic mass is 32.2. The minimum absolute atomic E-state index is 0.0908. The van der Waals surface area contributed by atoms with Gasteiger partial charge in [0.15, 0.2) is 5.12 Å². The number of azide groups is 1. The van der Waals surface area contributed by atoms with Gasteiger partial charge in [-0.05, 0) is 38.4 Å². The lowest BCUT2D eigenvalue weighted by Gasteiger charge is -2.22. The number of aromatic amines is 1. The Balaban J connectivity index is 1.72. The van der Waals surface area contributed by atoms with E-state index in [1.807, 2.05) is 0 Å². The van der Waals surface area contributed by atoms with Crippen LogP contribution in [-0.4, -0.2) is 57.5 Å². The van der Waals surface area contributed by atoms with Crippen molar-refractivity contribution in [2.24, 2.45) is 10.5 Å². The number of phosphoric acid groups is 1. The Morgan fingerprint density at radius 1 is 1.33 bits per heavy atom. The number of hydrogen-bond donors (Lipinski definition) is 2. The molecule has 1 aromatic carbocycles. The molecule has 2 N–H and O–H groups in total. The van der Waals surface area contributed by atoms with E-state index in [2.05, 4.69) is 15.0 Å². The number of carbonyl (C=O) groups excluding carboxylic acids is 1. The second-order valence-electron chi connectivity index (χ2n) is 9.27. The van der Waals surface area contributed by atoms with E-state index in [4.69, 9.17) is 23.8 Å². The van der Waals surface area contributed by atoms with Crippen molar-refractivity contribution in [1.82, 2.24) is 9.55 Å². The summed E-state index contributed by atoms with van der Waals surface area (Å²) < 4.78 is 37.2. The first-order valence-corrected chi connectivity index (χ1v) is 14.4. The van der Waals surface area contributed by atoms with Gasteiger partial charge in [-0.2, -0.15) is 0 Å². The summed E-state index contributed by atoms with van der Waals surface area (Å²) in [6.07, 6.45) is -0.383. The normalized spacial score (nSPS) is 20.7. The van der Waals surface area contributed by atoms with Gasteiger partial charge in [-0.1, -0.05) is 35.1 Å². The minimum atomic E-state index is -4.27. The number of nitrogens with one attached hydrogen (secondary N) is 1. The summed E-state index contributed by atoms with van der Waals surface area (Å²) in [5.41, 5.74) is 7.13. The molecule has 0 radical (unpaired) electrons. The minimum Gasteiger partial charge on any atom is -0.404 e. The predicted molar refractivity (Wildman–Crippen MR) is 142 cm³/mol. The maximum absolute atomic E-state index is 13.5. The van der Waals surface area contributed by atoms with Crippen molar-refractivity contribution in [2.75, 3.05) is 25.6 Å². The first kappa shape index (κ1) is 30.6. The molecule has 1 aliphatic heterocycles. The van der Waals surface area contributed by atoms with Gasteiger partial charge in [-0.3, -0.25) is 28.2 Å². The number of aryl methyl sites for hydroxylation is 1. The van der Waals surface area contributed by atoms with Crippen molar-refractivity contribution >= 4 is 24.7 Å². The van der Waals surface area contributed by atoms with E-state index in [0.717, 1.165) is 11.8 Å². The SMILES string of the molecule is Cc1cn([C@H]2C[C@H](N=[N+]=[N-])[C@@H](COP(=O)(OCCSC(=O)C(C)(C)CO)Oc3ccccc3)O2)c(=O)[nH]c1=O. The van der Waals surface area contributed by atoms with Crippen molar-refractivity contribution in [1.29, 1.82) is 0 Å². The fourth-order valence-corrected chi connectivity index (χ4v) is 5.57. The van der Waals surface area contributed by atoms with Crippen LogP contribution < -0.4 is 15.8 Å². The van der Waals surface area contributed by atoms with E-state index in [0.29, 0.717) is 0 Å². The van der Waals surface area contributed by atoms with Crippen molar-refractivity contribution in [3.8, 4) is 5.75 Å². The lowest BCUT2D eigenvalue weighted by Crippen LogP contribution is -2.33. The van der Waals surface area contributed by atoms with Crippen LogP contribution >= 0.6 is 19.6 Å². The zero-order chi connectivity index (χ0) is 28.6. The topological polar surface area (TPSA) is 195 Å². The molecule has 4 atom stereocenters. The van der Waals surface area contributed by atoms with Gasteiger partial charge in [0, 0.05) is 28.8 Å². The molecule has 2 aromatic rings. The molecule has 2 heterocycles. The molecule has 0 saturated carbocycles. The number of phosphoric ester groups is 1. The van der Waals surface area contributed by atoms with Crippen LogP contribution in [0.3, 0.4) is 0 Å². The summed E-state index contributed by atoms with van der Waals surface area (Å²) in [5, 5.41) is 12.8. The number of H-pyrrole nitrogens is 1. The van der Waals surface area contributed by atoms with Gasteiger partial charge in [0.1, 0.15) is 12.0 Å². The van der Waals surface area contributed by atoms with Crippen LogP contribution in [0.4, 0.5) is 0 Å². The quantitative estimate of drug-likeness (QED) is 0.116. The average Bonchev–Trinajstić information content (AvgIpc) is 3.30. The number of benzene rings is 1. The third kappa shape index (κ3) is 8.29. The molecule has 212 valence electrons. The first-order valence-electron chi connectivity index (χ1n) is 11.9. The van der Waals surface area contributed by atoms with E-state index < -0.39 is 42.9 Å². The lowest BCUT2D eigenvalue weighted by atomic mass is 9.97. The number of aliphatic hydroxyl groups is 1. The molecule has 0 aliphatic carbocycles. The number of ether oxygens (including phenoxy) is 1. The van der Waals surface area contributed by atoms with Crippen LogP contribution in [0, 0.1) is 12.3 Å². The molecule has 1 aromatic heterocycles. The van der Waals surface area contributed by atoms with Gasteiger partial charge in [-0.25, -0.2) is 9.36 Å². The highest BCUT2D eigenvalue weighted by Gasteiger charge is 2.39. The predicted octanol–water partition coefficient (Wildman–Crippen LogP) is 3.31. The third-order valence-electron chi connectivity index (χ3n) is 5.73. The van der Waals surface area contributed by atoms with Crippen molar-refractivity contribution in [3.05, 3.63) is 73.4 Å². The Morgan fingerprint density at radius 3 is 2.72 bits per heavy atom. The van der Waals surface area contributed by atoms with Gasteiger partial charge in [0.2, 0.25) is 0 Å². The maximum Gasteiger partial charge on any atom is 0.530 e. The zero-order valence-corrected chi connectivity index (χ0v) is 23.3.